The first kappa shape index (κ1) is 13.8. The number of aryl methyl sites for hydroxylation is 2. The summed E-state index contributed by atoms with van der Waals surface area (Å²) < 4.78 is 19.4. The molecule has 0 saturated carbocycles. The highest BCUT2D eigenvalue weighted by molar-refractivity contribution is 5.81. The van der Waals surface area contributed by atoms with Crippen LogP contribution in [0.4, 0.5) is 4.39 Å². The van der Waals surface area contributed by atoms with Crippen molar-refractivity contribution >= 4 is 11.0 Å². The Balaban J connectivity index is 2.09. The van der Waals surface area contributed by atoms with Gasteiger partial charge in [0.25, 0.3) is 0 Å². The van der Waals surface area contributed by atoms with Crippen molar-refractivity contribution < 1.29 is 8.81 Å². The summed E-state index contributed by atoms with van der Waals surface area (Å²) in [5.41, 5.74) is 6.12. The van der Waals surface area contributed by atoms with Crippen molar-refractivity contribution in [2.75, 3.05) is 0 Å². The van der Waals surface area contributed by atoms with E-state index in [1.54, 1.807) is 19.1 Å². The number of rotatable bonds is 3. The van der Waals surface area contributed by atoms with Crippen LogP contribution in [0, 0.1) is 19.7 Å². The summed E-state index contributed by atoms with van der Waals surface area (Å²) >= 11 is 0. The molecule has 1 unspecified atom stereocenters. The van der Waals surface area contributed by atoms with E-state index < -0.39 is 0 Å². The molecule has 0 aliphatic rings. The van der Waals surface area contributed by atoms with E-state index in [0.717, 1.165) is 22.1 Å². The van der Waals surface area contributed by atoms with Crippen LogP contribution in [0.5, 0.6) is 0 Å². The molecule has 1 heterocycles. The van der Waals surface area contributed by atoms with Gasteiger partial charge in [0.15, 0.2) is 0 Å². The van der Waals surface area contributed by atoms with Gasteiger partial charge in [-0.05, 0) is 42.7 Å². The van der Waals surface area contributed by atoms with E-state index >= 15 is 0 Å². The van der Waals surface area contributed by atoms with Gasteiger partial charge in [0.05, 0.1) is 0 Å². The molecule has 1 atom stereocenters. The molecule has 0 amide bonds. The van der Waals surface area contributed by atoms with Gasteiger partial charge in [0.2, 0.25) is 0 Å². The van der Waals surface area contributed by atoms with E-state index in [1.807, 2.05) is 31.2 Å². The molecule has 0 aliphatic carbocycles. The van der Waals surface area contributed by atoms with Gasteiger partial charge >= 0.3 is 0 Å². The van der Waals surface area contributed by atoms with Crippen molar-refractivity contribution in [1.29, 1.82) is 0 Å². The minimum atomic E-state index is -0.309. The van der Waals surface area contributed by atoms with Crippen LogP contribution >= 0.6 is 0 Å². The molecule has 108 valence electrons. The quantitative estimate of drug-likeness (QED) is 0.569. The van der Waals surface area contributed by atoms with E-state index in [-0.39, 0.29) is 11.9 Å². The number of fused-ring (bicyclic) bond motifs is 1. The third-order valence-corrected chi connectivity index (χ3v) is 3.73. The number of nitrogens with one attached hydrogen (secondary N) is 1. The molecule has 0 saturated heterocycles. The Morgan fingerprint density at radius 1 is 1.10 bits per heavy atom. The predicted octanol–water partition coefficient (Wildman–Crippen LogP) is 3.74. The summed E-state index contributed by atoms with van der Waals surface area (Å²) in [5, 5.41) is 1.03. The lowest BCUT2D eigenvalue weighted by molar-refractivity contribution is 0.475. The standard InChI is InChI=1S/C17H17FN2O/c1-10-4-3-5-13-9-15(21-17(10)13)16(20-19)12-6-7-14(18)11(2)8-12/h3-9,16,20H,19H2,1-2H3. The maximum absolute atomic E-state index is 13.4. The summed E-state index contributed by atoms with van der Waals surface area (Å²) in [6, 6.07) is 12.6. The highest BCUT2D eigenvalue weighted by Crippen LogP contribution is 2.30. The van der Waals surface area contributed by atoms with Crippen LogP contribution in [0.25, 0.3) is 11.0 Å². The molecule has 0 spiro atoms. The average Bonchev–Trinajstić information content (AvgIpc) is 2.89. The Kier molecular flexibility index (Phi) is 3.49. The van der Waals surface area contributed by atoms with E-state index in [0.29, 0.717) is 11.3 Å². The lowest BCUT2D eigenvalue weighted by Gasteiger charge is -2.14. The molecule has 0 fully saturated rings. The second-order valence-electron chi connectivity index (χ2n) is 5.25. The Morgan fingerprint density at radius 2 is 1.90 bits per heavy atom. The van der Waals surface area contributed by atoms with Crippen LogP contribution in [0.3, 0.4) is 0 Å². The fourth-order valence-electron chi connectivity index (χ4n) is 2.56. The Morgan fingerprint density at radius 3 is 2.57 bits per heavy atom. The van der Waals surface area contributed by atoms with Crippen molar-refractivity contribution in [3.8, 4) is 0 Å². The molecular weight excluding hydrogens is 267 g/mol. The normalized spacial score (nSPS) is 12.8. The molecular formula is C17H17FN2O. The first-order valence-electron chi connectivity index (χ1n) is 6.81. The largest absolute Gasteiger partial charge is 0.459 e. The highest BCUT2D eigenvalue weighted by Gasteiger charge is 2.18. The summed E-state index contributed by atoms with van der Waals surface area (Å²) in [5.74, 6) is 6.17. The van der Waals surface area contributed by atoms with Crippen LogP contribution in [0.2, 0.25) is 0 Å². The molecule has 0 aliphatic heterocycles. The van der Waals surface area contributed by atoms with E-state index in [2.05, 4.69) is 5.43 Å². The molecule has 3 nitrogen and oxygen atoms in total. The number of halogens is 1. The van der Waals surface area contributed by atoms with Crippen molar-refractivity contribution in [3.63, 3.8) is 0 Å². The number of furan rings is 1. The monoisotopic (exact) mass is 284 g/mol. The average molecular weight is 284 g/mol. The molecule has 0 bridgehead atoms. The second kappa shape index (κ2) is 5.31. The van der Waals surface area contributed by atoms with Crippen LogP contribution in [-0.2, 0) is 0 Å². The van der Waals surface area contributed by atoms with Gasteiger partial charge in [-0.25, -0.2) is 9.82 Å². The fraction of sp³-hybridized carbons (Fsp3) is 0.176. The van der Waals surface area contributed by atoms with Gasteiger partial charge in [-0.1, -0.05) is 30.3 Å². The number of benzene rings is 2. The van der Waals surface area contributed by atoms with Crippen LogP contribution in [-0.4, -0.2) is 0 Å². The molecule has 3 aromatic rings. The maximum Gasteiger partial charge on any atom is 0.137 e. The smallest absolute Gasteiger partial charge is 0.137 e. The van der Waals surface area contributed by atoms with Crippen molar-refractivity contribution in [2.45, 2.75) is 19.9 Å². The van der Waals surface area contributed by atoms with Crippen molar-refractivity contribution in [2.24, 2.45) is 5.84 Å². The van der Waals surface area contributed by atoms with Gasteiger partial charge in [-0.3, -0.25) is 5.84 Å². The molecule has 0 radical (unpaired) electrons. The van der Waals surface area contributed by atoms with Gasteiger partial charge in [-0.15, -0.1) is 0 Å². The number of hydrogen-bond acceptors (Lipinski definition) is 3. The lowest BCUT2D eigenvalue weighted by Crippen LogP contribution is -2.28. The topological polar surface area (TPSA) is 51.2 Å². The minimum absolute atomic E-state index is 0.227. The molecule has 1 aromatic heterocycles. The lowest BCUT2D eigenvalue weighted by atomic mass is 10.0. The third kappa shape index (κ3) is 2.44. The van der Waals surface area contributed by atoms with Crippen molar-refractivity contribution in [3.05, 3.63) is 70.7 Å². The Bertz CT molecular complexity index is 795. The number of hydrazine groups is 1. The zero-order chi connectivity index (χ0) is 15.0. The molecule has 3 N–H and O–H groups in total. The van der Waals surface area contributed by atoms with Gasteiger partial charge in [-0.2, -0.15) is 0 Å². The third-order valence-electron chi connectivity index (χ3n) is 3.73. The fourth-order valence-corrected chi connectivity index (χ4v) is 2.56. The molecule has 3 rings (SSSR count). The Hall–Kier alpha value is -2.17. The summed E-state index contributed by atoms with van der Waals surface area (Å²) in [4.78, 5) is 0. The van der Waals surface area contributed by atoms with Crippen LogP contribution in [0.15, 0.2) is 46.9 Å². The SMILES string of the molecule is Cc1cc(C(NN)c2cc3cccc(C)c3o2)ccc1F. The Labute approximate surface area is 122 Å². The molecule has 21 heavy (non-hydrogen) atoms. The maximum atomic E-state index is 13.4. The van der Waals surface area contributed by atoms with E-state index in [4.69, 9.17) is 10.3 Å². The predicted molar refractivity (Wildman–Crippen MR) is 81.3 cm³/mol. The van der Waals surface area contributed by atoms with Crippen LogP contribution < -0.4 is 11.3 Å². The highest BCUT2D eigenvalue weighted by atomic mass is 19.1. The summed E-state index contributed by atoms with van der Waals surface area (Å²) in [6.45, 7) is 3.73. The second-order valence-corrected chi connectivity index (χ2v) is 5.25. The van der Waals surface area contributed by atoms with Gasteiger partial charge in [0.1, 0.15) is 23.2 Å². The number of nitrogens with two attached hydrogens (primary N) is 1. The number of para-hydroxylation sites is 1. The van der Waals surface area contributed by atoms with Crippen molar-refractivity contribution in [1.82, 2.24) is 5.43 Å². The zero-order valence-corrected chi connectivity index (χ0v) is 12.0. The molecule has 4 heteroatoms. The first-order chi connectivity index (χ1) is 10.1. The van der Waals surface area contributed by atoms with E-state index in [9.17, 15) is 4.39 Å². The summed E-state index contributed by atoms with van der Waals surface area (Å²) in [7, 11) is 0. The van der Waals surface area contributed by atoms with Gasteiger partial charge in [0, 0.05) is 5.39 Å². The van der Waals surface area contributed by atoms with E-state index in [1.165, 1.54) is 6.07 Å². The first-order valence-corrected chi connectivity index (χ1v) is 6.81. The van der Waals surface area contributed by atoms with Crippen LogP contribution in [0.1, 0.15) is 28.5 Å². The zero-order valence-electron chi connectivity index (χ0n) is 12.0. The van der Waals surface area contributed by atoms with Gasteiger partial charge < -0.3 is 4.42 Å². The summed E-state index contributed by atoms with van der Waals surface area (Å²) in [6.07, 6.45) is 0. The number of hydrogen-bond donors (Lipinski definition) is 2. The molecule has 2 aromatic carbocycles. The minimum Gasteiger partial charge on any atom is -0.459 e.